The third kappa shape index (κ3) is 3.46. The molecular formula is C15H17ClFN3. The van der Waals surface area contributed by atoms with Crippen LogP contribution in [0.1, 0.15) is 12.5 Å². The van der Waals surface area contributed by atoms with Gasteiger partial charge in [-0.2, -0.15) is 0 Å². The van der Waals surface area contributed by atoms with Gasteiger partial charge in [0.05, 0.1) is 5.02 Å². The van der Waals surface area contributed by atoms with Crippen molar-refractivity contribution >= 4 is 23.1 Å². The number of benzene rings is 1. The van der Waals surface area contributed by atoms with Gasteiger partial charge in [0, 0.05) is 25.5 Å². The highest BCUT2D eigenvalue weighted by Gasteiger charge is 2.09. The molecule has 20 heavy (non-hydrogen) atoms. The molecule has 0 amide bonds. The van der Waals surface area contributed by atoms with Crippen LogP contribution in [0.5, 0.6) is 0 Å². The van der Waals surface area contributed by atoms with Crippen molar-refractivity contribution in [1.82, 2.24) is 10.3 Å². The summed E-state index contributed by atoms with van der Waals surface area (Å²) in [4.78, 5) is 6.21. The summed E-state index contributed by atoms with van der Waals surface area (Å²) in [7, 11) is 1.89. The molecule has 0 saturated heterocycles. The summed E-state index contributed by atoms with van der Waals surface area (Å²) in [6.45, 7) is 3.62. The molecule has 0 saturated carbocycles. The van der Waals surface area contributed by atoms with E-state index in [4.69, 9.17) is 11.6 Å². The lowest BCUT2D eigenvalue weighted by molar-refractivity contribution is 0.628. The van der Waals surface area contributed by atoms with E-state index in [1.165, 1.54) is 12.1 Å². The second-order valence-corrected chi connectivity index (χ2v) is 4.86. The fraction of sp³-hybridized carbons (Fsp3) is 0.267. The molecule has 2 aromatic rings. The summed E-state index contributed by atoms with van der Waals surface area (Å²) in [5.41, 5.74) is 1.86. The van der Waals surface area contributed by atoms with E-state index in [2.05, 4.69) is 10.3 Å². The Morgan fingerprint density at radius 1 is 1.30 bits per heavy atom. The molecule has 5 heteroatoms. The molecule has 3 nitrogen and oxygen atoms in total. The number of nitrogens with zero attached hydrogens (tertiary/aromatic N) is 2. The second kappa shape index (κ2) is 6.68. The molecule has 0 aliphatic rings. The van der Waals surface area contributed by atoms with Gasteiger partial charge in [0.1, 0.15) is 11.6 Å². The van der Waals surface area contributed by atoms with E-state index < -0.39 is 0 Å². The van der Waals surface area contributed by atoms with Crippen LogP contribution in [0, 0.1) is 5.82 Å². The maximum atomic E-state index is 12.9. The smallest absolute Gasteiger partial charge is 0.133 e. The van der Waals surface area contributed by atoms with Crippen molar-refractivity contribution in [2.24, 2.45) is 0 Å². The third-order valence-corrected chi connectivity index (χ3v) is 3.38. The van der Waals surface area contributed by atoms with Crippen LogP contribution < -0.4 is 10.2 Å². The highest BCUT2D eigenvalue weighted by atomic mass is 35.5. The molecule has 0 fully saturated rings. The Morgan fingerprint density at radius 3 is 2.65 bits per heavy atom. The number of hydrogen-bond donors (Lipinski definition) is 1. The molecule has 0 aliphatic heterocycles. The molecule has 0 unspecified atom stereocenters. The lowest BCUT2D eigenvalue weighted by Crippen LogP contribution is -2.15. The Kier molecular flexibility index (Phi) is 4.93. The topological polar surface area (TPSA) is 28.2 Å². The second-order valence-electron chi connectivity index (χ2n) is 4.45. The van der Waals surface area contributed by atoms with Gasteiger partial charge in [0.2, 0.25) is 0 Å². The lowest BCUT2D eigenvalue weighted by Gasteiger charge is -2.19. The molecule has 1 aromatic heterocycles. The Bertz CT molecular complexity index is 572. The Morgan fingerprint density at radius 2 is 2.00 bits per heavy atom. The van der Waals surface area contributed by atoms with E-state index in [0.29, 0.717) is 11.6 Å². The third-order valence-electron chi connectivity index (χ3n) is 3.04. The predicted octanol–water partition coefficient (Wildman–Crippen LogP) is 3.75. The summed E-state index contributed by atoms with van der Waals surface area (Å²) in [6.07, 6.45) is 1.64. The molecule has 2 rings (SSSR count). The number of pyridine rings is 1. The summed E-state index contributed by atoms with van der Waals surface area (Å²) in [5.74, 6) is 0.521. The summed E-state index contributed by atoms with van der Waals surface area (Å²) >= 11 is 6.13. The molecule has 0 aliphatic carbocycles. The van der Waals surface area contributed by atoms with E-state index in [0.717, 1.165) is 23.6 Å². The lowest BCUT2D eigenvalue weighted by atomic mass is 10.2. The van der Waals surface area contributed by atoms with Crippen LogP contribution >= 0.6 is 11.6 Å². The van der Waals surface area contributed by atoms with Crippen LogP contribution in [0.3, 0.4) is 0 Å². The van der Waals surface area contributed by atoms with Crippen molar-refractivity contribution in [1.29, 1.82) is 0 Å². The van der Waals surface area contributed by atoms with Crippen LogP contribution in [-0.2, 0) is 6.54 Å². The monoisotopic (exact) mass is 293 g/mol. The predicted molar refractivity (Wildman–Crippen MR) is 81.1 cm³/mol. The van der Waals surface area contributed by atoms with Crippen LogP contribution in [0.25, 0.3) is 0 Å². The summed E-state index contributed by atoms with van der Waals surface area (Å²) < 4.78 is 12.9. The van der Waals surface area contributed by atoms with Gasteiger partial charge in [-0.1, -0.05) is 18.5 Å². The largest absolute Gasteiger partial charge is 0.329 e. The van der Waals surface area contributed by atoms with Crippen molar-refractivity contribution in [3.8, 4) is 0 Å². The minimum Gasteiger partial charge on any atom is -0.329 e. The molecule has 0 spiro atoms. The minimum atomic E-state index is -0.251. The quantitative estimate of drug-likeness (QED) is 0.910. The average Bonchev–Trinajstić information content (AvgIpc) is 2.46. The number of halogens is 2. The Hall–Kier alpha value is -1.65. The first-order chi connectivity index (χ1) is 9.61. The number of hydrogen-bond acceptors (Lipinski definition) is 3. The van der Waals surface area contributed by atoms with E-state index in [1.54, 1.807) is 18.3 Å². The molecule has 0 atom stereocenters. The van der Waals surface area contributed by atoms with Crippen molar-refractivity contribution in [2.45, 2.75) is 13.5 Å². The van der Waals surface area contributed by atoms with Gasteiger partial charge < -0.3 is 10.2 Å². The summed E-state index contributed by atoms with van der Waals surface area (Å²) in [5, 5.41) is 3.88. The maximum absolute atomic E-state index is 12.9. The molecule has 1 aromatic carbocycles. The molecule has 106 valence electrons. The number of nitrogens with one attached hydrogen (secondary N) is 1. The molecule has 1 heterocycles. The van der Waals surface area contributed by atoms with Gasteiger partial charge in [-0.05, 0) is 42.4 Å². The van der Waals surface area contributed by atoms with Crippen LogP contribution in [0.15, 0.2) is 36.5 Å². The standard InChI is InChI=1S/C15H17ClFN3/c1-3-18-9-11-8-15(19-10-14(11)16)20(2)13-6-4-12(17)5-7-13/h4-8,10,18H,3,9H2,1-2H3. The first-order valence-corrected chi connectivity index (χ1v) is 6.84. The SMILES string of the molecule is CCNCc1cc(N(C)c2ccc(F)cc2)ncc1Cl. The number of anilines is 2. The zero-order valence-electron chi connectivity index (χ0n) is 11.5. The van der Waals surface area contributed by atoms with Crippen LogP contribution in [0.2, 0.25) is 5.02 Å². The molecular weight excluding hydrogens is 277 g/mol. The zero-order valence-corrected chi connectivity index (χ0v) is 12.3. The van der Waals surface area contributed by atoms with Crippen molar-refractivity contribution < 1.29 is 4.39 Å². The van der Waals surface area contributed by atoms with Crippen LogP contribution in [0.4, 0.5) is 15.9 Å². The van der Waals surface area contributed by atoms with Gasteiger partial charge in [-0.15, -0.1) is 0 Å². The fourth-order valence-electron chi connectivity index (χ4n) is 1.84. The van der Waals surface area contributed by atoms with E-state index in [1.807, 2.05) is 24.9 Å². The average molecular weight is 294 g/mol. The van der Waals surface area contributed by atoms with Gasteiger partial charge in [-0.3, -0.25) is 0 Å². The van der Waals surface area contributed by atoms with E-state index in [9.17, 15) is 4.39 Å². The van der Waals surface area contributed by atoms with Gasteiger partial charge in [-0.25, -0.2) is 9.37 Å². The first kappa shape index (κ1) is 14.8. The van der Waals surface area contributed by atoms with Gasteiger partial charge in [0.25, 0.3) is 0 Å². The van der Waals surface area contributed by atoms with Crippen molar-refractivity contribution in [3.63, 3.8) is 0 Å². The Balaban J connectivity index is 2.25. The fourth-order valence-corrected chi connectivity index (χ4v) is 2.01. The number of rotatable bonds is 5. The van der Waals surface area contributed by atoms with Gasteiger partial charge in [0.15, 0.2) is 0 Å². The van der Waals surface area contributed by atoms with Crippen LogP contribution in [-0.4, -0.2) is 18.6 Å². The molecule has 1 N–H and O–H groups in total. The molecule has 0 bridgehead atoms. The first-order valence-electron chi connectivity index (χ1n) is 6.46. The van der Waals surface area contributed by atoms with E-state index in [-0.39, 0.29) is 5.82 Å². The summed E-state index contributed by atoms with van der Waals surface area (Å²) in [6, 6.07) is 8.24. The van der Waals surface area contributed by atoms with Crippen molar-refractivity contribution in [2.75, 3.05) is 18.5 Å². The molecule has 0 radical (unpaired) electrons. The minimum absolute atomic E-state index is 0.251. The zero-order chi connectivity index (χ0) is 14.5. The van der Waals surface area contributed by atoms with Crippen molar-refractivity contribution in [3.05, 3.63) is 52.9 Å². The maximum Gasteiger partial charge on any atom is 0.133 e. The normalized spacial score (nSPS) is 10.6. The highest BCUT2D eigenvalue weighted by Crippen LogP contribution is 2.25. The van der Waals surface area contributed by atoms with E-state index >= 15 is 0 Å². The Labute approximate surface area is 123 Å². The van der Waals surface area contributed by atoms with Gasteiger partial charge >= 0.3 is 0 Å². The highest BCUT2D eigenvalue weighted by molar-refractivity contribution is 6.31. The number of aromatic nitrogens is 1.